The number of hydrogen-bond donors (Lipinski definition) is 0. The minimum atomic E-state index is -0.413. The van der Waals surface area contributed by atoms with Crippen LogP contribution in [-0.4, -0.2) is 18.5 Å². The normalized spacial score (nSPS) is 30.5. The van der Waals surface area contributed by atoms with Crippen molar-refractivity contribution in [1.29, 1.82) is 0 Å². The maximum absolute atomic E-state index is 5.49. The lowest BCUT2D eigenvalue weighted by Crippen LogP contribution is -2.21. The van der Waals surface area contributed by atoms with Crippen LogP contribution >= 0.6 is 0 Å². The molecule has 0 saturated carbocycles. The van der Waals surface area contributed by atoms with E-state index in [0.717, 1.165) is 5.57 Å². The first-order valence-electron chi connectivity index (χ1n) is 3.48. The van der Waals surface area contributed by atoms with Gasteiger partial charge in [-0.05, 0) is 26.3 Å². The van der Waals surface area contributed by atoms with Crippen LogP contribution in [0.3, 0.4) is 0 Å². The van der Waals surface area contributed by atoms with Gasteiger partial charge in [-0.15, -0.1) is 0 Å². The predicted octanol–water partition coefficient (Wildman–Crippen LogP) is 1.71. The molecule has 0 bridgehead atoms. The number of hydrogen-bond acceptors (Lipinski definition) is 2. The van der Waals surface area contributed by atoms with Crippen molar-refractivity contribution in [2.24, 2.45) is 0 Å². The Balaban J connectivity index is 2.51. The molecule has 0 spiro atoms. The van der Waals surface area contributed by atoms with Gasteiger partial charge in [-0.1, -0.05) is 6.58 Å². The van der Waals surface area contributed by atoms with E-state index in [9.17, 15) is 0 Å². The minimum Gasteiger partial charge on any atom is -0.347 e. The fraction of sp³-hybridized carbons (Fsp3) is 0.750. The Kier molecular flexibility index (Phi) is 1.84. The summed E-state index contributed by atoms with van der Waals surface area (Å²) in [5.74, 6) is -0.413. The first-order chi connectivity index (χ1) is 4.51. The largest absolute Gasteiger partial charge is 0.347 e. The Morgan fingerprint density at radius 1 is 1.60 bits per heavy atom. The summed E-state index contributed by atoms with van der Waals surface area (Å²) < 4.78 is 10.8. The molecule has 1 rings (SSSR count). The summed E-state index contributed by atoms with van der Waals surface area (Å²) in [4.78, 5) is 0. The van der Waals surface area contributed by atoms with E-state index in [1.165, 1.54) is 0 Å². The van der Waals surface area contributed by atoms with Crippen LogP contribution in [0.25, 0.3) is 0 Å². The summed E-state index contributed by atoms with van der Waals surface area (Å²) in [7, 11) is 0. The summed E-state index contributed by atoms with van der Waals surface area (Å²) in [6, 6.07) is 0. The topological polar surface area (TPSA) is 18.5 Å². The molecule has 0 aromatic heterocycles. The molecule has 10 heavy (non-hydrogen) atoms. The maximum atomic E-state index is 5.49. The lowest BCUT2D eigenvalue weighted by Gasteiger charge is -2.16. The number of rotatable bonds is 1. The predicted molar refractivity (Wildman–Crippen MR) is 39.7 cm³/mol. The molecule has 0 aliphatic carbocycles. The molecule has 0 unspecified atom stereocenters. The third-order valence-electron chi connectivity index (χ3n) is 1.56. The van der Waals surface area contributed by atoms with E-state index in [-0.39, 0.29) is 6.10 Å². The van der Waals surface area contributed by atoms with Gasteiger partial charge in [0, 0.05) is 0 Å². The Morgan fingerprint density at radius 2 is 2.20 bits per heavy atom. The second-order valence-electron chi connectivity index (χ2n) is 3.16. The molecule has 0 aromatic carbocycles. The SMILES string of the molecule is C=C(C)[C@H]1COC(C)(C)O1. The van der Waals surface area contributed by atoms with Crippen LogP contribution in [0.2, 0.25) is 0 Å². The zero-order chi connectivity index (χ0) is 7.78. The average molecular weight is 142 g/mol. The van der Waals surface area contributed by atoms with Gasteiger partial charge in [-0.2, -0.15) is 0 Å². The van der Waals surface area contributed by atoms with Gasteiger partial charge in [0.2, 0.25) is 0 Å². The first-order valence-corrected chi connectivity index (χ1v) is 3.48. The molecule has 1 atom stereocenters. The molecule has 2 heteroatoms. The zero-order valence-electron chi connectivity index (χ0n) is 6.81. The molecule has 58 valence electrons. The lowest BCUT2D eigenvalue weighted by atomic mass is 10.2. The second kappa shape index (κ2) is 2.36. The number of ether oxygens (including phenoxy) is 2. The highest BCUT2D eigenvalue weighted by molar-refractivity contribution is 5.00. The molecular weight excluding hydrogens is 128 g/mol. The molecule has 1 aliphatic rings. The molecule has 1 heterocycles. The van der Waals surface area contributed by atoms with Crippen molar-refractivity contribution in [3.05, 3.63) is 12.2 Å². The highest BCUT2D eigenvalue weighted by Crippen LogP contribution is 2.25. The lowest BCUT2D eigenvalue weighted by molar-refractivity contribution is -0.134. The van der Waals surface area contributed by atoms with Crippen LogP contribution in [0.5, 0.6) is 0 Å². The molecule has 1 aliphatic heterocycles. The van der Waals surface area contributed by atoms with Crippen molar-refractivity contribution in [2.45, 2.75) is 32.7 Å². The molecule has 1 fully saturated rings. The van der Waals surface area contributed by atoms with Crippen molar-refractivity contribution in [1.82, 2.24) is 0 Å². The molecule has 0 amide bonds. The Bertz CT molecular complexity index is 149. The summed E-state index contributed by atoms with van der Waals surface area (Å²) in [6.07, 6.45) is 0.0926. The fourth-order valence-corrected chi connectivity index (χ4v) is 0.930. The van der Waals surface area contributed by atoms with Gasteiger partial charge in [-0.3, -0.25) is 0 Å². The second-order valence-corrected chi connectivity index (χ2v) is 3.16. The van der Waals surface area contributed by atoms with Crippen LogP contribution in [0.1, 0.15) is 20.8 Å². The van der Waals surface area contributed by atoms with Gasteiger partial charge >= 0.3 is 0 Å². The van der Waals surface area contributed by atoms with Crippen molar-refractivity contribution in [3.63, 3.8) is 0 Å². The summed E-state index contributed by atoms with van der Waals surface area (Å²) in [5, 5.41) is 0. The smallest absolute Gasteiger partial charge is 0.163 e. The van der Waals surface area contributed by atoms with E-state index in [4.69, 9.17) is 9.47 Å². The highest BCUT2D eigenvalue weighted by atomic mass is 16.7. The van der Waals surface area contributed by atoms with E-state index in [2.05, 4.69) is 6.58 Å². The summed E-state index contributed by atoms with van der Waals surface area (Å²) >= 11 is 0. The fourth-order valence-electron chi connectivity index (χ4n) is 0.930. The van der Waals surface area contributed by atoms with E-state index in [0.29, 0.717) is 6.61 Å². The van der Waals surface area contributed by atoms with Crippen LogP contribution < -0.4 is 0 Å². The van der Waals surface area contributed by atoms with Crippen molar-refractivity contribution < 1.29 is 9.47 Å². The van der Waals surface area contributed by atoms with Gasteiger partial charge in [0.05, 0.1) is 6.61 Å². The van der Waals surface area contributed by atoms with E-state index in [1.807, 2.05) is 20.8 Å². The zero-order valence-corrected chi connectivity index (χ0v) is 6.81. The van der Waals surface area contributed by atoms with Gasteiger partial charge in [0.25, 0.3) is 0 Å². The van der Waals surface area contributed by atoms with Crippen molar-refractivity contribution >= 4 is 0 Å². The average Bonchev–Trinajstić information content (AvgIpc) is 2.10. The Morgan fingerprint density at radius 3 is 2.40 bits per heavy atom. The van der Waals surface area contributed by atoms with Crippen LogP contribution in [0.15, 0.2) is 12.2 Å². The molecule has 0 N–H and O–H groups in total. The van der Waals surface area contributed by atoms with E-state index < -0.39 is 5.79 Å². The van der Waals surface area contributed by atoms with Gasteiger partial charge in [0.15, 0.2) is 5.79 Å². The summed E-state index contributed by atoms with van der Waals surface area (Å²) in [5.41, 5.74) is 1.03. The molecule has 0 aromatic rings. The minimum absolute atomic E-state index is 0.0926. The Hall–Kier alpha value is -0.340. The third-order valence-corrected chi connectivity index (χ3v) is 1.56. The standard InChI is InChI=1S/C8H14O2/c1-6(2)7-5-9-8(3,4)10-7/h7H,1,5H2,2-4H3/t7-/m1/s1. The van der Waals surface area contributed by atoms with Gasteiger partial charge < -0.3 is 9.47 Å². The molecule has 2 nitrogen and oxygen atoms in total. The third kappa shape index (κ3) is 1.58. The quantitative estimate of drug-likeness (QED) is 0.519. The van der Waals surface area contributed by atoms with E-state index in [1.54, 1.807) is 0 Å². The molecule has 0 radical (unpaired) electrons. The van der Waals surface area contributed by atoms with Crippen LogP contribution in [-0.2, 0) is 9.47 Å². The van der Waals surface area contributed by atoms with Crippen molar-refractivity contribution in [3.8, 4) is 0 Å². The molecular formula is C8H14O2. The Labute approximate surface area is 61.8 Å². The monoisotopic (exact) mass is 142 g/mol. The summed E-state index contributed by atoms with van der Waals surface area (Å²) in [6.45, 7) is 10.2. The van der Waals surface area contributed by atoms with Crippen LogP contribution in [0.4, 0.5) is 0 Å². The van der Waals surface area contributed by atoms with Gasteiger partial charge in [0.1, 0.15) is 6.10 Å². The van der Waals surface area contributed by atoms with Gasteiger partial charge in [-0.25, -0.2) is 0 Å². The first kappa shape index (κ1) is 7.76. The highest BCUT2D eigenvalue weighted by Gasteiger charge is 2.32. The maximum Gasteiger partial charge on any atom is 0.163 e. The van der Waals surface area contributed by atoms with Crippen molar-refractivity contribution in [2.75, 3.05) is 6.61 Å². The van der Waals surface area contributed by atoms with Crippen LogP contribution in [0, 0.1) is 0 Å². The molecule has 1 saturated heterocycles. The van der Waals surface area contributed by atoms with E-state index >= 15 is 0 Å².